The predicted molar refractivity (Wildman–Crippen MR) is 104 cm³/mol. The highest BCUT2D eigenvalue weighted by Gasteiger charge is 2.27. The van der Waals surface area contributed by atoms with E-state index in [4.69, 9.17) is 10.5 Å². The lowest BCUT2D eigenvalue weighted by Gasteiger charge is -2.24. The average Bonchev–Trinajstić information content (AvgIpc) is 2.62. The second-order valence-corrected chi connectivity index (χ2v) is 7.36. The molecule has 0 spiro atoms. The molecule has 144 valence electrons. The van der Waals surface area contributed by atoms with Gasteiger partial charge in [0.25, 0.3) is 0 Å². The van der Waals surface area contributed by atoms with Crippen molar-refractivity contribution in [3.63, 3.8) is 0 Å². The number of anilines is 2. The summed E-state index contributed by atoms with van der Waals surface area (Å²) in [7, 11) is 1.56. The lowest BCUT2D eigenvalue weighted by molar-refractivity contribution is -0.121. The Morgan fingerprint density at radius 2 is 1.92 bits per heavy atom. The molecule has 0 aliphatic heterocycles. The number of carbonyl (C=O) groups is 2. The van der Waals surface area contributed by atoms with Crippen molar-refractivity contribution in [1.29, 1.82) is 0 Å². The maximum absolute atomic E-state index is 12.5. The molecule has 1 aromatic carbocycles. The van der Waals surface area contributed by atoms with E-state index in [2.05, 4.69) is 10.6 Å². The molecule has 1 atom stereocenters. The van der Waals surface area contributed by atoms with E-state index in [-0.39, 0.29) is 17.7 Å². The van der Waals surface area contributed by atoms with Gasteiger partial charge in [0.05, 0.1) is 18.3 Å². The molecule has 2 amide bonds. The van der Waals surface area contributed by atoms with Crippen LogP contribution in [-0.2, 0) is 9.59 Å². The highest BCUT2D eigenvalue weighted by molar-refractivity contribution is 5.99. The number of amides is 2. The fourth-order valence-corrected chi connectivity index (χ4v) is 3.39. The number of benzene rings is 1. The second kappa shape index (κ2) is 9.03. The molecule has 2 rings (SSSR count). The molecule has 4 N–H and O–H groups in total. The van der Waals surface area contributed by atoms with Crippen molar-refractivity contribution in [2.24, 2.45) is 11.7 Å². The van der Waals surface area contributed by atoms with Crippen molar-refractivity contribution in [1.82, 2.24) is 0 Å². The lowest BCUT2D eigenvalue weighted by atomic mass is 9.88. The van der Waals surface area contributed by atoms with Gasteiger partial charge < -0.3 is 21.1 Å². The van der Waals surface area contributed by atoms with Gasteiger partial charge in [0.1, 0.15) is 5.75 Å². The molecule has 6 nitrogen and oxygen atoms in total. The first-order valence-corrected chi connectivity index (χ1v) is 9.46. The fraction of sp³-hybridized carbons (Fsp3) is 0.600. The Bertz CT molecular complexity index is 637. The normalized spacial score (nSPS) is 17.2. The Balaban J connectivity index is 2.12. The highest BCUT2D eigenvalue weighted by Crippen LogP contribution is 2.31. The number of nitrogens with one attached hydrogen (secondary N) is 2. The van der Waals surface area contributed by atoms with Crippen molar-refractivity contribution in [3.05, 3.63) is 18.2 Å². The van der Waals surface area contributed by atoms with Crippen LogP contribution in [0.3, 0.4) is 0 Å². The van der Waals surface area contributed by atoms with Crippen molar-refractivity contribution in [2.45, 2.75) is 64.3 Å². The number of rotatable bonds is 7. The van der Waals surface area contributed by atoms with Crippen LogP contribution in [-0.4, -0.2) is 24.5 Å². The molecule has 0 aromatic heterocycles. The zero-order chi connectivity index (χ0) is 19.2. The standard InChI is InChI=1S/C20H31N3O3/c1-4-12-20(2,21)19(25)22-15-10-11-17(26-3)16(13-15)23-18(24)14-8-6-5-7-9-14/h10-11,13-14H,4-9,12,21H2,1-3H3,(H,22,25)(H,23,24). The first kappa shape index (κ1) is 20.2. The Kier molecular flexibility index (Phi) is 7.03. The summed E-state index contributed by atoms with van der Waals surface area (Å²) in [5.74, 6) is 0.384. The summed E-state index contributed by atoms with van der Waals surface area (Å²) in [6.45, 7) is 3.71. The van der Waals surface area contributed by atoms with Gasteiger partial charge in [-0.2, -0.15) is 0 Å². The number of hydrogen-bond acceptors (Lipinski definition) is 4. The van der Waals surface area contributed by atoms with Crippen LogP contribution in [0.5, 0.6) is 5.75 Å². The van der Waals surface area contributed by atoms with E-state index in [0.717, 1.165) is 32.1 Å². The Morgan fingerprint density at radius 1 is 1.23 bits per heavy atom. The van der Waals surface area contributed by atoms with Gasteiger partial charge in [-0.25, -0.2) is 0 Å². The zero-order valence-electron chi connectivity index (χ0n) is 16.1. The quantitative estimate of drug-likeness (QED) is 0.691. The summed E-state index contributed by atoms with van der Waals surface area (Å²) in [4.78, 5) is 24.9. The van der Waals surface area contributed by atoms with Gasteiger partial charge in [0.2, 0.25) is 11.8 Å². The van der Waals surface area contributed by atoms with Gasteiger partial charge in [0, 0.05) is 11.6 Å². The zero-order valence-corrected chi connectivity index (χ0v) is 16.1. The molecular weight excluding hydrogens is 330 g/mol. The molecule has 1 unspecified atom stereocenters. The molecule has 0 heterocycles. The van der Waals surface area contributed by atoms with Crippen LogP contribution in [0.15, 0.2) is 18.2 Å². The van der Waals surface area contributed by atoms with E-state index in [1.54, 1.807) is 32.2 Å². The molecule has 1 aliphatic rings. The molecule has 0 bridgehead atoms. The largest absolute Gasteiger partial charge is 0.495 e. The lowest BCUT2D eigenvalue weighted by Crippen LogP contribution is -2.48. The Morgan fingerprint density at radius 3 is 2.54 bits per heavy atom. The molecule has 1 aromatic rings. The van der Waals surface area contributed by atoms with Gasteiger partial charge in [-0.1, -0.05) is 32.6 Å². The summed E-state index contributed by atoms with van der Waals surface area (Å²) in [6, 6.07) is 5.20. The number of carbonyl (C=O) groups excluding carboxylic acids is 2. The van der Waals surface area contributed by atoms with Gasteiger partial charge in [0.15, 0.2) is 0 Å². The number of methoxy groups -OCH3 is 1. The molecule has 1 fully saturated rings. The monoisotopic (exact) mass is 361 g/mol. The van der Waals surface area contributed by atoms with Crippen LogP contribution in [0.25, 0.3) is 0 Å². The smallest absolute Gasteiger partial charge is 0.244 e. The Labute approximate surface area is 155 Å². The third-order valence-corrected chi connectivity index (χ3v) is 4.98. The first-order chi connectivity index (χ1) is 12.4. The van der Waals surface area contributed by atoms with Gasteiger partial charge >= 0.3 is 0 Å². The third-order valence-electron chi connectivity index (χ3n) is 4.98. The maximum atomic E-state index is 12.5. The molecule has 1 saturated carbocycles. The molecule has 0 saturated heterocycles. The summed E-state index contributed by atoms with van der Waals surface area (Å²) in [5, 5.41) is 5.80. The van der Waals surface area contributed by atoms with E-state index in [9.17, 15) is 9.59 Å². The summed E-state index contributed by atoms with van der Waals surface area (Å²) < 4.78 is 5.35. The average molecular weight is 361 g/mol. The minimum Gasteiger partial charge on any atom is -0.495 e. The van der Waals surface area contributed by atoms with Gasteiger partial charge in [-0.3, -0.25) is 9.59 Å². The van der Waals surface area contributed by atoms with Crippen LogP contribution >= 0.6 is 0 Å². The van der Waals surface area contributed by atoms with Gasteiger partial charge in [-0.05, 0) is 44.4 Å². The van der Waals surface area contributed by atoms with Crippen LogP contribution in [0.1, 0.15) is 58.8 Å². The van der Waals surface area contributed by atoms with Crippen molar-refractivity contribution in [2.75, 3.05) is 17.7 Å². The maximum Gasteiger partial charge on any atom is 0.244 e. The Hall–Kier alpha value is -2.08. The molecule has 26 heavy (non-hydrogen) atoms. The SMILES string of the molecule is CCCC(C)(N)C(=O)Nc1ccc(OC)c(NC(=O)C2CCCCC2)c1. The summed E-state index contributed by atoms with van der Waals surface area (Å²) in [6.07, 6.45) is 6.66. The third kappa shape index (κ3) is 5.21. The van der Waals surface area contributed by atoms with Crippen LogP contribution < -0.4 is 21.1 Å². The van der Waals surface area contributed by atoms with E-state index in [1.165, 1.54) is 6.42 Å². The minimum atomic E-state index is -0.930. The molecule has 1 aliphatic carbocycles. The van der Waals surface area contributed by atoms with Crippen molar-refractivity contribution >= 4 is 23.2 Å². The van der Waals surface area contributed by atoms with E-state index in [1.807, 2.05) is 6.92 Å². The molecular formula is C20H31N3O3. The van der Waals surface area contributed by atoms with Crippen LogP contribution in [0.4, 0.5) is 11.4 Å². The predicted octanol–water partition coefficient (Wildman–Crippen LogP) is 3.67. The van der Waals surface area contributed by atoms with Crippen molar-refractivity contribution < 1.29 is 14.3 Å². The number of ether oxygens (including phenoxy) is 1. The van der Waals surface area contributed by atoms with E-state index < -0.39 is 5.54 Å². The van der Waals surface area contributed by atoms with E-state index >= 15 is 0 Å². The molecule has 0 radical (unpaired) electrons. The topological polar surface area (TPSA) is 93.5 Å². The summed E-state index contributed by atoms with van der Waals surface area (Å²) >= 11 is 0. The fourth-order valence-electron chi connectivity index (χ4n) is 3.39. The van der Waals surface area contributed by atoms with E-state index in [0.29, 0.717) is 23.5 Å². The minimum absolute atomic E-state index is 0.0149. The van der Waals surface area contributed by atoms with Gasteiger partial charge in [-0.15, -0.1) is 0 Å². The highest BCUT2D eigenvalue weighted by atomic mass is 16.5. The first-order valence-electron chi connectivity index (χ1n) is 9.46. The van der Waals surface area contributed by atoms with Crippen LogP contribution in [0, 0.1) is 5.92 Å². The summed E-state index contributed by atoms with van der Waals surface area (Å²) in [5.41, 5.74) is 6.30. The number of nitrogens with two attached hydrogens (primary N) is 1. The van der Waals surface area contributed by atoms with Crippen LogP contribution in [0.2, 0.25) is 0 Å². The molecule has 6 heteroatoms. The number of hydrogen-bond donors (Lipinski definition) is 3. The van der Waals surface area contributed by atoms with Crippen molar-refractivity contribution in [3.8, 4) is 5.75 Å². The second-order valence-electron chi connectivity index (χ2n) is 7.36.